The molecular weight excluding hydrogens is 262 g/mol. The van der Waals surface area contributed by atoms with Gasteiger partial charge in [-0.3, -0.25) is 4.79 Å². The molecule has 0 aromatic carbocycles. The van der Waals surface area contributed by atoms with Crippen LogP contribution in [0.1, 0.15) is 53.9 Å². The number of esters is 1. The van der Waals surface area contributed by atoms with Crippen molar-refractivity contribution in [1.82, 2.24) is 0 Å². The Kier molecular flexibility index (Phi) is 5.71. The lowest BCUT2D eigenvalue weighted by molar-refractivity contribution is -0.148. The molecule has 0 spiro atoms. The predicted octanol–water partition coefficient (Wildman–Crippen LogP) is 2.89. The van der Waals surface area contributed by atoms with Crippen molar-refractivity contribution in [2.24, 2.45) is 16.2 Å². The molecule has 3 atom stereocenters. The van der Waals surface area contributed by atoms with Gasteiger partial charge in [-0.2, -0.15) is 4.40 Å². The second-order valence-corrected chi connectivity index (χ2v) is 7.97. The normalized spacial score (nSPS) is 28.2. The van der Waals surface area contributed by atoms with Crippen LogP contribution in [0.5, 0.6) is 0 Å². The number of hydrogen-bond donors (Lipinski definition) is 0. The summed E-state index contributed by atoms with van der Waals surface area (Å²) in [4.78, 5) is 11.7. The Morgan fingerprint density at radius 2 is 2.11 bits per heavy atom. The molecule has 110 valence electrons. The Hall–Kier alpha value is -0.710. The lowest BCUT2D eigenvalue weighted by Gasteiger charge is -2.27. The van der Waals surface area contributed by atoms with Gasteiger partial charge in [-0.25, -0.2) is 4.21 Å². The Labute approximate surface area is 118 Å². The summed E-state index contributed by atoms with van der Waals surface area (Å²) in [5.74, 6) is 0.0665. The van der Waals surface area contributed by atoms with Crippen LogP contribution in [0.4, 0.5) is 0 Å². The monoisotopic (exact) mass is 287 g/mol. The SMILES string of the molecule is CCOC(=O)[C@H]1CC/C(=N\[S@@](=O)C(C)(C)C)[C@@H](C)C1. The van der Waals surface area contributed by atoms with E-state index in [9.17, 15) is 9.00 Å². The third kappa shape index (κ3) is 4.71. The van der Waals surface area contributed by atoms with E-state index in [0.29, 0.717) is 6.61 Å². The zero-order chi connectivity index (χ0) is 14.6. The lowest BCUT2D eigenvalue weighted by Crippen LogP contribution is -2.30. The fourth-order valence-electron chi connectivity index (χ4n) is 2.10. The number of carbonyl (C=O) groups excluding carboxylic acids is 1. The zero-order valence-corrected chi connectivity index (χ0v) is 13.4. The van der Waals surface area contributed by atoms with Gasteiger partial charge in [-0.1, -0.05) is 6.92 Å². The van der Waals surface area contributed by atoms with Crippen LogP contribution < -0.4 is 0 Å². The summed E-state index contributed by atoms with van der Waals surface area (Å²) in [6, 6.07) is 0. The van der Waals surface area contributed by atoms with Crippen molar-refractivity contribution in [1.29, 1.82) is 0 Å². The first-order valence-electron chi connectivity index (χ1n) is 6.91. The maximum absolute atomic E-state index is 12.0. The molecule has 0 N–H and O–H groups in total. The van der Waals surface area contributed by atoms with E-state index in [-0.39, 0.29) is 22.6 Å². The Morgan fingerprint density at radius 3 is 2.58 bits per heavy atom. The van der Waals surface area contributed by atoms with E-state index in [4.69, 9.17) is 4.74 Å². The Morgan fingerprint density at radius 1 is 1.47 bits per heavy atom. The highest BCUT2D eigenvalue weighted by atomic mass is 32.2. The molecule has 1 rings (SSSR count). The summed E-state index contributed by atoms with van der Waals surface area (Å²) < 4.78 is 21.1. The molecule has 0 aromatic rings. The van der Waals surface area contributed by atoms with Crippen molar-refractivity contribution in [3.8, 4) is 0 Å². The van der Waals surface area contributed by atoms with Gasteiger partial charge in [0, 0.05) is 5.71 Å². The molecule has 0 heterocycles. The molecule has 0 amide bonds. The molecular formula is C14H25NO3S. The third-order valence-electron chi connectivity index (χ3n) is 3.30. The molecule has 0 saturated heterocycles. The molecule has 0 aromatic heterocycles. The zero-order valence-electron chi connectivity index (χ0n) is 12.6. The van der Waals surface area contributed by atoms with Gasteiger partial charge in [0.05, 0.1) is 17.3 Å². The molecule has 0 aliphatic heterocycles. The van der Waals surface area contributed by atoms with Crippen LogP contribution >= 0.6 is 0 Å². The molecule has 1 aliphatic carbocycles. The van der Waals surface area contributed by atoms with Crippen molar-refractivity contribution in [3.05, 3.63) is 0 Å². The van der Waals surface area contributed by atoms with Crippen LogP contribution in [0.2, 0.25) is 0 Å². The summed E-state index contributed by atoms with van der Waals surface area (Å²) in [7, 11) is -1.21. The summed E-state index contributed by atoms with van der Waals surface area (Å²) in [5, 5.41) is 0. The molecule has 1 aliphatic rings. The van der Waals surface area contributed by atoms with Gasteiger partial charge in [-0.15, -0.1) is 0 Å². The van der Waals surface area contributed by atoms with Crippen molar-refractivity contribution in [2.75, 3.05) is 6.61 Å². The maximum Gasteiger partial charge on any atom is 0.308 e. The molecule has 5 heteroatoms. The first-order chi connectivity index (χ1) is 8.75. The molecule has 0 bridgehead atoms. The molecule has 19 heavy (non-hydrogen) atoms. The molecule has 4 nitrogen and oxygen atoms in total. The first-order valence-corrected chi connectivity index (χ1v) is 8.02. The van der Waals surface area contributed by atoms with E-state index in [1.54, 1.807) is 0 Å². The minimum atomic E-state index is -1.21. The van der Waals surface area contributed by atoms with Gasteiger partial charge in [0.2, 0.25) is 0 Å². The van der Waals surface area contributed by atoms with Gasteiger partial charge in [-0.05, 0) is 52.9 Å². The highest BCUT2D eigenvalue weighted by Gasteiger charge is 2.31. The highest BCUT2D eigenvalue weighted by Crippen LogP contribution is 2.29. The van der Waals surface area contributed by atoms with Crippen LogP contribution in [0, 0.1) is 11.8 Å². The third-order valence-corrected chi connectivity index (χ3v) is 4.75. The van der Waals surface area contributed by atoms with E-state index in [1.165, 1.54) is 0 Å². The number of hydrogen-bond acceptors (Lipinski definition) is 3. The second kappa shape index (κ2) is 6.64. The smallest absolute Gasteiger partial charge is 0.308 e. The molecule has 0 radical (unpaired) electrons. The number of nitrogens with zero attached hydrogens (tertiary/aromatic N) is 1. The minimum absolute atomic E-state index is 0.0306. The van der Waals surface area contributed by atoms with Gasteiger partial charge in [0.1, 0.15) is 11.0 Å². The number of ether oxygens (including phenoxy) is 1. The van der Waals surface area contributed by atoms with Crippen molar-refractivity contribution < 1.29 is 13.7 Å². The van der Waals surface area contributed by atoms with Gasteiger partial charge >= 0.3 is 5.97 Å². The van der Waals surface area contributed by atoms with Crippen LogP contribution in [-0.4, -0.2) is 27.2 Å². The first kappa shape index (κ1) is 16.3. The summed E-state index contributed by atoms with van der Waals surface area (Å²) >= 11 is 0. The van der Waals surface area contributed by atoms with Crippen molar-refractivity contribution in [2.45, 2.75) is 58.6 Å². The fourth-order valence-corrected chi connectivity index (χ4v) is 2.86. The topological polar surface area (TPSA) is 55.7 Å². The highest BCUT2D eigenvalue weighted by molar-refractivity contribution is 7.85. The Bertz CT molecular complexity index is 385. The fraction of sp³-hybridized carbons (Fsp3) is 0.857. The summed E-state index contributed by atoms with van der Waals surface area (Å²) in [5.41, 5.74) is 0.980. The van der Waals surface area contributed by atoms with E-state index in [2.05, 4.69) is 4.40 Å². The maximum atomic E-state index is 12.0. The van der Waals surface area contributed by atoms with Crippen LogP contribution in [0.15, 0.2) is 4.40 Å². The summed E-state index contributed by atoms with van der Waals surface area (Å²) in [6.07, 6.45) is 2.24. The molecule has 1 saturated carbocycles. The van der Waals surface area contributed by atoms with Gasteiger partial charge in [0.25, 0.3) is 0 Å². The second-order valence-electron chi connectivity index (χ2n) is 6.07. The van der Waals surface area contributed by atoms with Crippen LogP contribution in [0.3, 0.4) is 0 Å². The number of carbonyl (C=O) groups is 1. The molecule has 1 fully saturated rings. The van der Waals surface area contributed by atoms with Crippen LogP contribution in [-0.2, 0) is 20.5 Å². The molecule has 0 unspecified atom stereocenters. The average Bonchev–Trinajstić information content (AvgIpc) is 2.30. The van der Waals surface area contributed by atoms with E-state index in [0.717, 1.165) is 25.0 Å². The Balaban J connectivity index is 2.67. The standard InChI is InChI=1S/C14H25NO3S/c1-6-18-13(16)11-7-8-12(10(2)9-11)15-19(17)14(3,4)5/h10-11H,6-9H2,1-5H3/b15-12+/t10-,11-,19-/m0/s1. The predicted molar refractivity (Wildman–Crippen MR) is 78.5 cm³/mol. The van der Waals surface area contributed by atoms with Gasteiger partial charge < -0.3 is 4.74 Å². The van der Waals surface area contributed by atoms with E-state index < -0.39 is 11.0 Å². The van der Waals surface area contributed by atoms with Gasteiger partial charge in [0.15, 0.2) is 0 Å². The average molecular weight is 287 g/mol. The van der Waals surface area contributed by atoms with E-state index in [1.807, 2.05) is 34.6 Å². The van der Waals surface area contributed by atoms with E-state index >= 15 is 0 Å². The van der Waals surface area contributed by atoms with Crippen molar-refractivity contribution in [3.63, 3.8) is 0 Å². The quantitative estimate of drug-likeness (QED) is 0.750. The number of rotatable bonds is 3. The summed E-state index contributed by atoms with van der Waals surface area (Å²) in [6.45, 7) is 10.1. The minimum Gasteiger partial charge on any atom is -0.466 e. The van der Waals surface area contributed by atoms with Crippen molar-refractivity contribution >= 4 is 22.7 Å². The van der Waals surface area contributed by atoms with Crippen LogP contribution in [0.25, 0.3) is 0 Å². The largest absolute Gasteiger partial charge is 0.466 e. The lowest BCUT2D eigenvalue weighted by atomic mass is 9.81.